The molecule has 1 aromatic heterocycles. The highest BCUT2D eigenvalue weighted by molar-refractivity contribution is 5.97. The summed E-state index contributed by atoms with van der Waals surface area (Å²) < 4.78 is 1.59. The molecule has 5 heteroatoms. The molecular weight excluding hydrogens is 196 g/mol. The van der Waals surface area contributed by atoms with E-state index in [9.17, 15) is 4.79 Å². The highest BCUT2D eigenvalue weighted by Gasteiger charge is 2.07. The number of benzene rings is 1. The van der Waals surface area contributed by atoms with Crippen LogP contribution in [0.5, 0.6) is 0 Å². The van der Waals surface area contributed by atoms with E-state index < -0.39 is 5.91 Å². The number of aromatic nitrogens is 1. The van der Waals surface area contributed by atoms with Gasteiger partial charge in [-0.3, -0.25) is 10.0 Å². The van der Waals surface area contributed by atoms with Crippen molar-refractivity contribution >= 4 is 16.8 Å². The first-order valence-corrected chi connectivity index (χ1v) is 4.36. The van der Waals surface area contributed by atoms with Gasteiger partial charge in [-0.2, -0.15) is 4.73 Å². The van der Waals surface area contributed by atoms with Gasteiger partial charge in [0.15, 0.2) is 0 Å². The lowest BCUT2D eigenvalue weighted by atomic mass is 10.1. The molecule has 0 unspecified atom stereocenters. The molecule has 2 rings (SSSR count). The molecule has 2 aromatic rings. The first-order chi connectivity index (χ1) is 7.26. The van der Waals surface area contributed by atoms with Crippen molar-refractivity contribution in [2.45, 2.75) is 0 Å². The van der Waals surface area contributed by atoms with Crippen molar-refractivity contribution in [2.24, 2.45) is 0 Å². The number of carbonyl (C=O) groups excluding carboxylic acids is 1. The van der Waals surface area contributed by atoms with E-state index in [1.807, 2.05) is 6.07 Å². The average Bonchev–Trinajstić information content (AvgIpc) is 2.69. The highest BCUT2D eigenvalue weighted by atomic mass is 16.6. The smallest absolute Gasteiger partial charge is 0.274 e. The summed E-state index contributed by atoms with van der Waals surface area (Å²) in [6.45, 7) is 0. The van der Waals surface area contributed by atoms with Crippen LogP contribution in [0.3, 0.4) is 0 Å². The van der Waals surface area contributed by atoms with Crippen LogP contribution in [0.1, 0.15) is 10.4 Å². The molecule has 5 nitrogen and oxygen atoms in total. The molecule has 0 aliphatic heterocycles. The molecule has 0 bridgehead atoms. The highest BCUT2D eigenvalue weighted by Crippen LogP contribution is 2.16. The monoisotopic (exact) mass is 206 g/mol. The molecule has 1 amide bonds. The third kappa shape index (κ3) is 1.53. The van der Waals surface area contributed by atoms with Crippen molar-refractivity contribution in [1.29, 1.82) is 0 Å². The summed E-state index contributed by atoms with van der Waals surface area (Å²) in [6.07, 6.45) is 1.76. The van der Waals surface area contributed by atoms with Crippen LogP contribution in [0, 0.1) is 0 Å². The van der Waals surface area contributed by atoms with Crippen molar-refractivity contribution in [3.8, 4) is 0 Å². The van der Waals surface area contributed by atoms with Gasteiger partial charge in [-0.05, 0) is 24.3 Å². The molecule has 0 saturated carbocycles. The van der Waals surface area contributed by atoms with Gasteiger partial charge in [0, 0.05) is 17.1 Å². The number of carbonyl (C=O) groups is 1. The predicted octanol–water partition coefficient (Wildman–Crippen LogP) is 0.819. The molecule has 0 fully saturated rings. The lowest BCUT2D eigenvalue weighted by Gasteiger charge is -2.02. The molecule has 1 aromatic carbocycles. The molecular formula is C10H10N2O3. The van der Waals surface area contributed by atoms with Gasteiger partial charge in [-0.15, -0.1) is 0 Å². The maximum Gasteiger partial charge on any atom is 0.274 e. The van der Waals surface area contributed by atoms with Crippen LogP contribution in [0.15, 0.2) is 30.5 Å². The van der Waals surface area contributed by atoms with Crippen LogP contribution < -0.4 is 10.3 Å². The summed E-state index contributed by atoms with van der Waals surface area (Å²) in [5.41, 5.74) is 2.86. The maximum atomic E-state index is 11.1. The molecule has 0 spiro atoms. The zero-order chi connectivity index (χ0) is 10.8. The summed E-state index contributed by atoms with van der Waals surface area (Å²) in [5, 5.41) is 9.36. The van der Waals surface area contributed by atoms with E-state index in [0.717, 1.165) is 10.9 Å². The minimum atomic E-state index is -0.526. The zero-order valence-electron chi connectivity index (χ0n) is 8.10. The van der Waals surface area contributed by atoms with E-state index in [0.29, 0.717) is 5.56 Å². The molecule has 1 heterocycles. The number of fused-ring (bicyclic) bond motifs is 1. The lowest BCUT2D eigenvalue weighted by molar-refractivity contribution is 0.0706. The summed E-state index contributed by atoms with van der Waals surface area (Å²) in [5.74, 6) is -0.526. The number of hydrogen-bond acceptors (Lipinski definition) is 3. The Labute approximate surface area is 85.8 Å². The molecule has 0 aliphatic rings. The number of amides is 1. The van der Waals surface area contributed by atoms with E-state index >= 15 is 0 Å². The van der Waals surface area contributed by atoms with Gasteiger partial charge in [0.05, 0.1) is 5.52 Å². The SMILES string of the molecule is COn1ccc2cc(C(=O)NO)ccc21. The van der Waals surface area contributed by atoms with Crippen LogP contribution >= 0.6 is 0 Å². The number of hydrogen-bond donors (Lipinski definition) is 2. The van der Waals surface area contributed by atoms with Gasteiger partial charge in [-0.25, -0.2) is 5.48 Å². The van der Waals surface area contributed by atoms with Crippen LogP contribution in [0.25, 0.3) is 10.9 Å². The fourth-order valence-electron chi connectivity index (χ4n) is 1.48. The number of rotatable bonds is 2. The minimum absolute atomic E-state index is 0.402. The van der Waals surface area contributed by atoms with Gasteiger partial charge in [0.1, 0.15) is 7.11 Å². The Morgan fingerprint density at radius 3 is 2.93 bits per heavy atom. The molecule has 2 N–H and O–H groups in total. The fraction of sp³-hybridized carbons (Fsp3) is 0.100. The standard InChI is InChI=1S/C10H10N2O3/c1-15-12-5-4-7-6-8(10(13)11-14)2-3-9(7)12/h2-6,14H,1H3,(H,11,13). The van der Waals surface area contributed by atoms with Crippen LogP contribution in [0.4, 0.5) is 0 Å². The van der Waals surface area contributed by atoms with Crippen LogP contribution in [-0.2, 0) is 0 Å². The summed E-state index contributed by atoms with van der Waals surface area (Å²) in [7, 11) is 1.56. The Morgan fingerprint density at radius 1 is 1.47 bits per heavy atom. The van der Waals surface area contributed by atoms with E-state index in [4.69, 9.17) is 10.0 Å². The second kappa shape index (κ2) is 3.62. The van der Waals surface area contributed by atoms with Crippen LogP contribution in [0.2, 0.25) is 0 Å². The first-order valence-electron chi connectivity index (χ1n) is 4.36. The molecule has 78 valence electrons. The van der Waals surface area contributed by atoms with E-state index in [2.05, 4.69) is 0 Å². The second-order valence-corrected chi connectivity index (χ2v) is 3.04. The first kappa shape index (κ1) is 9.54. The quantitative estimate of drug-likeness (QED) is 0.564. The second-order valence-electron chi connectivity index (χ2n) is 3.04. The normalized spacial score (nSPS) is 10.3. The summed E-state index contributed by atoms with van der Waals surface area (Å²) in [6, 6.07) is 6.87. The Bertz CT molecular complexity index is 504. The Kier molecular flexibility index (Phi) is 2.31. The Balaban J connectivity index is 2.53. The van der Waals surface area contributed by atoms with Gasteiger partial charge < -0.3 is 4.84 Å². The Morgan fingerprint density at radius 2 is 2.27 bits per heavy atom. The van der Waals surface area contributed by atoms with Gasteiger partial charge >= 0.3 is 0 Å². The van der Waals surface area contributed by atoms with Gasteiger partial charge in [0.2, 0.25) is 0 Å². The Hall–Kier alpha value is -2.01. The fourth-order valence-corrected chi connectivity index (χ4v) is 1.48. The topological polar surface area (TPSA) is 63.5 Å². The van der Waals surface area contributed by atoms with Gasteiger partial charge in [-0.1, -0.05) is 0 Å². The molecule has 0 radical (unpaired) electrons. The average molecular weight is 206 g/mol. The van der Waals surface area contributed by atoms with E-state index in [-0.39, 0.29) is 0 Å². The predicted molar refractivity (Wildman–Crippen MR) is 53.7 cm³/mol. The van der Waals surface area contributed by atoms with Gasteiger partial charge in [0.25, 0.3) is 5.91 Å². The van der Waals surface area contributed by atoms with Crippen molar-refractivity contribution in [3.05, 3.63) is 36.0 Å². The van der Waals surface area contributed by atoms with Crippen molar-refractivity contribution < 1.29 is 14.8 Å². The largest absolute Gasteiger partial charge is 0.417 e. The summed E-state index contributed by atoms with van der Waals surface area (Å²) in [4.78, 5) is 16.2. The zero-order valence-corrected chi connectivity index (χ0v) is 8.10. The molecule has 0 aliphatic carbocycles. The number of nitrogens with zero attached hydrogens (tertiary/aromatic N) is 1. The number of hydroxylamine groups is 1. The van der Waals surface area contributed by atoms with Crippen LogP contribution in [-0.4, -0.2) is 23.0 Å². The lowest BCUT2D eigenvalue weighted by Crippen LogP contribution is -2.18. The minimum Gasteiger partial charge on any atom is -0.417 e. The molecule has 15 heavy (non-hydrogen) atoms. The van der Waals surface area contributed by atoms with E-state index in [1.165, 1.54) is 0 Å². The number of nitrogens with one attached hydrogen (secondary N) is 1. The van der Waals surface area contributed by atoms with Crippen molar-refractivity contribution in [3.63, 3.8) is 0 Å². The van der Waals surface area contributed by atoms with E-state index in [1.54, 1.807) is 41.7 Å². The molecule has 0 atom stereocenters. The molecule has 0 saturated heterocycles. The maximum absolute atomic E-state index is 11.1. The third-order valence-electron chi connectivity index (χ3n) is 2.21. The van der Waals surface area contributed by atoms with Crippen molar-refractivity contribution in [1.82, 2.24) is 10.2 Å². The van der Waals surface area contributed by atoms with Crippen molar-refractivity contribution in [2.75, 3.05) is 7.11 Å². The third-order valence-corrected chi connectivity index (χ3v) is 2.21. The summed E-state index contributed by atoms with van der Waals surface area (Å²) >= 11 is 0.